The van der Waals surface area contributed by atoms with Crippen LogP contribution < -0.4 is 15.8 Å². The molecule has 3 rings (SSSR count). The molecule has 2 heterocycles. The van der Waals surface area contributed by atoms with Gasteiger partial charge < -0.3 is 15.8 Å². The molecule has 0 spiro atoms. The second-order valence-electron chi connectivity index (χ2n) is 6.52. The van der Waals surface area contributed by atoms with Gasteiger partial charge in [0.05, 0.1) is 17.9 Å². The maximum atomic E-state index is 13.4. The first kappa shape index (κ1) is 20.9. The summed E-state index contributed by atoms with van der Waals surface area (Å²) >= 11 is 0.837. The van der Waals surface area contributed by atoms with Crippen molar-refractivity contribution < 1.29 is 22.7 Å². The number of unbranched alkanes of at least 4 members (excludes halogenated alkanes) is 1. The lowest BCUT2D eigenvalue weighted by Crippen LogP contribution is -2.12. The fraction of sp³-hybridized carbons (Fsp3) is 0.300. The highest BCUT2D eigenvalue weighted by atomic mass is 32.1. The molecule has 154 valence electrons. The van der Waals surface area contributed by atoms with E-state index in [1.54, 1.807) is 24.3 Å². The van der Waals surface area contributed by atoms with Gasteiger partial charge in [-0.05, 0) is 31.5 Å². The maximum Gasteiger partial charge on any atom is 0.417 e. The number of rotatable bonds is 6. The summed E-state index contributed by atoms with van der Waals surface area (Å²) in [5, 5.41) is 2.43. The van der Waals surface area contributed by atoms with E-state index in [1.807, 2.05) is 0 Å². The van der Waals surface area contributed by atoms with Crippen LogP contribution in [0.15, 0.2) is 30.3 Å². The van der Waals surface area contributed by atoms with Gasteiger partial charge >= 0.3 is 6.18 Å². The Morgan fingerprint density at radius 2 is 2.07 bits per heavy atom. The van der Waals surface area contributed by atoms with Gasteiger partial charge in [-0.25, -0.2) is 4.98 Å². The number of nitrogens with two attached hydrogens (primary N) is 1. The van der Waals surface area contributed by atoms with Crippen molar-refractivity contribution >= 4 is 38.8 Å². The number of alkyl halides is 3. The van der Waals surface area contributed by atoms with Gasteiger partial charge in [0.1, 0.15) is 15.5 Å². The third-order valence-electron chi connectivity index (χ3n) is 4.20. The van der Waals surface area contributed by atoms with Gasteiger partial charge in [-0.2, -0.15) is 13.2 Å². The van der Waals surface area contributed by atoms with Gasteiger partial charge in [0, 0.05) is 22.8 Å². The summed E-state index contributed by atoms with van der Waals surface area (Å²) in [5.74, 6) is -0.000743. The molecular formula is C20H20F3N3O2S. The largest absolute Gasteiger partial charge is 0.494 e. The lowest BCUT2D eigenvalue weighted by molar-refractivity contribution is -0.136. The number of thiophene rings is 1. The summed E-state index contributed by atoms with van der Waals surface area (Å²) in [6.45, 7) is 4.08. The Kier molecular flexibility index (Phi) is 5.97. The SMILES string of the molecule is CCCCOc1cccc(NC(=O)c2sc3nc(C)cc(C(F)(F)F)c3c2N)c1. The number of aryl methyl sites for hydroxylation is 1. The van der Waals surface area contributed by atoms with Crippen LogP contribution in [0, 0.1) is 6.92 Å². The molecule has 0 atom stereocenters. The molecule has 3 aromatic rings. The molecule has 0 saturated heterocycles. The Morgan fingerprint density at radius 1 is 1.31 bits per heavy atom. The normalized spacial score (nSPS) is 11.6. The Morgan fingerprint density at radius 3 is 2.76 bits per heavy atom. The Balaban J connectivity index is 1.90. The van der Waals surface area contributed by atoms with Gasteiger partial charge in [-0.1, -0.05) is 19.4 Å². The van der Waals surface area contributed by atoms with Crippen molar-refractivity contribution in [2.75, 3.05) is 17.7 Å². The van der Waals surface area contributed by atoms with E-state index < -0.39 is 17.6 Å². The van der Waals surface area contributed by atoms with Gasteiger partial charge in [-0.3, -0.25) is 4.79 Å². The molecule has 0 saturated carbocycles. The second kappa shape index (κ2) is 8.28. The lowest BCUT2D eigenvalue weighted by atomic mass is 10.1. The number of aromatic nitrogens is 1. The predicted octanol–water partition coefficient (Wildman–Crippen LogP) is 5.64. The Bertz CT molecular complexity index is 1050. The summed E-state index contributed by atoms with van der Waals surface area (Å²) < 4.78 is 45.8. The number of amides is 1. The molecule has 0 aliphatic carbocycles. The third-order valence-corrected chi connectivity index (χ3v) is 5.30. The maximum absolute atomic E-state index is 13.4. The number of halogens is 3. The number of hydrogen-bond acceptors (Lipinski definition) is 5. The number of benzene rings is 1. The first-order valence-corrected chi connectivity index (χ1v) is 9.83. The van der Waals surface area contributed by atoms with Crippen molar-refractivity contribution in [2.24, 2.45) is 0 Å². The predicted molar refractivity (Wildman–Crippen MR) is 109 cm³/mol. The standard InChI is InChI=1S/C20H20F3N3O2S/c1-3-4-8-28-13-7-5-6-12(10-13)26-18(27)17-16(24)15-14(20(21,22)23)9-11(2)25-19(15)29-17/h5-7,9-10H,3-4,8,24H2,1-2H3,(H,26,27). The van der Waals surface area contributed by atoms with Crippen molar-refractivity contribution in [3.05, 3.63) is 46.5 Å². The van der Waals surface area contributed by atoms with Crippen LogP contribution in [0.4, 0.5) is 24.5 Å². The summed E-state index contributed by atoms with van der Waals surface area (Å²) in [5.41, 5.74) is 5.49. The van der Waals surface area contributed by atoms with Crippen molar-refractivity contribution in [1.82, 2.24) is 4.98 Å². The fourth-order valence-corrected chi connectivity index (χ4v) is 3.88. The number of hydrogen-bond donors (Lipinski definition) is 2. The van der Waals surface area contributed by atoms with Crippen LogP contribution in [-0.2, 0) is 6.18 Å². The topological polar surface area (TPSA) is 77.2 Å². The van der Waals surface area contributed by atoms with E-state index in [9.17, 15) is 18.0 Å². The van der Waals surface area contributed by atoms with Gasteiger partial charge in [0.25, 0.3) is 5.91 Å². The molecule has 5 nitrogen and oxygen atoms in total. The molecule has 0 bridgehead atoms. The third kappa shape index (κ3) is 4.61. The Hall–Kier alpha value is -2.81. The molecule has 0 radical (unpaired) electrons. The van der Waals surface area contributed by atoms with Crippen molar-refractivity contribution in [2.45, 2.75) is 32.9 Å². The zero-order valence-electron chi connectivity index (χ0n) is 15.9. The monoisotopic (exact) mass is 423 g/mol. The highest BCUT2D eigenvalue weighted by Gasteiger charge is 2.35. The van der Waals surface area contributed by atoms with Crippen LogP contribution >= 0.6 is 11.3 Å². The van der Waals surface area contributed by atoms with Crippen LogP contribution in [-0.4, -0.2) is 17.5 Å². The first-order chi connectivity index (χ1) is 13.7. The second-order valence-corrected chi connectivity index (χ2v) is 7.52. The average molecular weight is 423 g/mol. The summed E-state index contributed by atoms with van der Waals surface area (Å²) in [6, 6.07) is 7.74. The van der Waals surface area contributed by atoms with Gasteiger partial charge in [0.15, 0.2) is 0 Å². The number of nitrogen functional groups attached to an aromatic ring is 1. The minimum Gasteiger partial charge on any atom is -0.494 e. The minimum absolute atomic E-state index is 0.0131. The smallest absolute Gasteiger partial charge is 0.417 e. The van der Waals surface area contributed by atoms with E-state index in [0.717, 1.165) is 30.2 Å². The molecule has 0 fully saturated rings. The number of ether oxygens (including phenoxy) is 1. The highest BCUT2D eigenvalue weighted by Crippen LogP contribution is 2.42. The zero-order valence-corrected chi connectivity index (χ0v) is 16.7. The number of pyridine rings is 1. The Labute approximate surface area is 169 Å². The number of nitrogens with one attached hydrogen (secondary N) is 1. The molecule has 0 aliphatic rings. The molecule has 1 amide bonds. The quantitative estimate of drug-likeness (QED) is 0.503. The molecule has 0 unspecified atom stereocenters. The van der Waals surface area contributed by atoms with Gasteiger partial charge in [-0.15, -0.1) is 11.3 Å². The molecule has 29 heavy (non-hydrogen) atoms. The van der Waals surface area contributed by atoms with Crippen LogP contribution in [0.3, 0.4) is 0 Å². The number of anilines is 2. The molecule has 2 aromatic heterocycles. The van der Waals surface area contributed by atoms with Crippen LogP contribution in [0.25, 0.3) is 10.2 Å². The number of fused-ring (bicyclic) bond motifs is 1. The summed E-state index contributed by atoms with van der Waals surface area (Å²) in [4.78, 5) is 16.9. The molecule has 3 N–H and O–H groups in total. The fourth-order valence-electron chi connectivity index (χ4n) is 2.82. The number of carbonyl (C=O) groups excluding carboxylic acids is 1. The van der Waals surface area contributed by atoms with E-state index in [4.69, 9.17) is 10.5 Å². The van der Waals surface area contributed by atoms with Crippen molar-refractivity contribution in [3.8, 4) is 5.75 Å². The van der Waals surface area contributed by atoms with E-state index in [2.05, 4.69) is 17.2 Å². The molecular weight excluding hydrogens is 403 g/mol. The van der Waals surface area contributed by atoms with E-state index in [-0.39, 0.29) is 26.5 Å². The molecule has 1 aromatic carbocycles. The van der Waals surface area contributed by atoms with Crippen LogP contribution in [0.1, 0.15) is 40.7 Å². The van der Waals surface area contributed by atoms with E-state index in [1.165, 1.54) is 6.92 Å². The highest BCUT2D eigenvalue weighted by molar-refractivity contribution is 7.21. The van der Waals surface area contributed by atoms with Crippen LogP contribution in [0.5, 0.6) is 5.75 Å². The average Bonchev–Trinajstić information content (AvgIpc) is 2.97. The van der Waals surface area contributed by atoms with E-state index in [0.29, 0.717) is 18.0 Å². The van der Waals surface area contributed by atoms with Crippen molar-refractivity contribution in [3.63, 3.8) is 0 Å². The first-order valence-electron chi connectivity index (χ1n) is 9.01. The minimum atomic E-state index is -4.60. The van der Waals surface area contributed by atoms with Crippen LogP contribution in [0.2, 0.25) is 0 Å². The summed E-state index contributed by atoms with van der Waals surface area (Å²) in [7, 11) is 0. The van der Waals surface area contributed by atoms with E-state index >= 15 is 0 Å². The molecule has 9 heteroatoms. The number of nitrogens with zero attached hydrogens (tertiary/aromatic N) is 1. The van der Waals surface area contributed by atoms with Crippen molar-refractivity contribution in [1.29, 1.82) is 0 Å². The van der Waals surface area contributed by atoms with Gasteiger partial charge in [0.2, 0.25) is 0 Å². The molecule has 0 aliphatic heterocycles. The zero-order chi connectivity index (χ0) is 21.2. The number of carbonyl (C=O) groups is 1. The summed E-state index contributed by atoms with van der Waals surface area (Å²) in [6.07, 6.45) is -2.70. The lowest BCUT2D eigenvalue weighted by Gasteiger charge is -2.10.